The van der Waals surface area contributed by atoms with Gasteiger partial charge >= 0.3 is 0 Å². The summed E-state index contributed by atoms with van der Waals surface area (Å²) in [4.78, 5) is 7.04. The normalized spacial score (nSPS) is 19.9. The fraction of sp³-hybridized carbons (Fsp3) is 0.471. The largest absolute Gasteiger partial charge is 0.497 e. The van der Waals surface area contributed by atoms with Crippen LogP contribution >= 0.6 is 11.6 Å². The molecule has 1 fully saturated rings. The second-order valence-corrected chi connectivity index (χ2v) is 6.17. The maximum absolute atomic E-state index is 6.39. The summed E-state index contributed by atoms with van der Waals surface area (Å²) in [5, 5.41) is 1.72. The second kappa shape index (κ2) is 6.20. The first kappa shape index (κ1) is 14.6. The Hall–Kier alpha value is -1.32. The minimum absolute atomic E-state index is 0.605. The first-order valence-electron chi connectivity index (χ1n) is 7.54. The average molecular weight is 305 g/mol. The number of halogens is 1. The number of hydrogen-bond donors (Lipinski definition) is 0. The molecule has 3 nitrogen and oxygen atoms in total. The van der Waals surface area contributed by atoms with Gasteiger partial charge in [0.25, 0.3) is 0 Å². The minimum Gasteiger partial charge on any atom is -0.497 e. The van der Waals surface area contributed by atoms with E-state index in [1.165, 1.54) is 19.3 Å². The van der Waals surface area contributed by atoms with Crippen molar-refractivity contribution in [2.75, 3.05) is 13.7 Å². The summed E-state index contributed by atoms with van der Waals surface area (Å²) in [6.07, 6.45) is 3.89. The van der Waals surface area contributed by atoms with Crippen LogP contribution < -0.4 is 4.74 Å². The van der Waals surface area contributed by atoms with Crippen LogP contribution in [0.1, 0.15) is 31.7 Å². The molecule has 112 valence electrons. The van der Waals surface area contributed by atoms with Gasteiger partial charge in [-0.15, -0.1) is 0 Å². The van der Waals surface area contributed by atoms with Gasteiger partial charge in [0.15, 0.2) is 0 Å². The predicted molar refractivity (Wildman–Crippen MR) is 87.0 cm³/mol. The van der Waals surface area contributed by atoms with E-state index in [1.807, 2.05) is 18.2 Å². The average Bonchev–Trinajstić information content (AvgIpc) is 2.49. The van der Waals surface area contributed by atoms with Crippen LogP contribution in [0.5, 0.6) is 5.75 Å². The molecular formula is C17H21ClN2O. The summed E-state index contributed by atoms with van der Waals surface area (Å²) in [5.41, 5.74) is 2.00. The van der Waals surface area contributed by atoms with E-state index in [1.54, 1.807) is 7.11 Å². The Labute approximate surface area is 130 Å². The summed E-state index contributed by atoms with van der Waals surface area (Å²) in [6.45, 7) is 4.33. The van der Waals surface area contributed by atoms with Crippen molar-refractivity contribution in [2.45, 2.75) is 38.8 Å². The van der Waals surface area contributed by atoms with Crippen LogP contribution in [-0.4, -0.2) is 29.6 Å². The van der Waals surface area contributed by atoms with E-state index < -0.39 is 0 Å². The molecule has 3 rings (SSSR count). The number of nitrogens with zero attached hydrogens (tertiary/aromatic N) is 2. The third kappa shape index (κ3) is 3.14. The lowest BCUT2D eigenvalue weighted by molar-refractivity contribution is 0.152. The molecule has 1 aliphatic heterocycles. The summed E-state index contributed by atoms with van der Waals surface area (Å²) in [5.74, 6) is 0.809. The summed E-state index contributed by atoms with van der Waals surface area (Å²) >= 11 is 6.39. The van der Waals surface area contributed by atoms with Crippen molar-refractivity contribution in [3.8, 4) is 5.75 Å². The van der Waals surface area contributed by atoms with E-state index in [9.17, 15) is 0 Å². The van der Waals surface area contributed by atoms with Crippen molar-refractivity contribution in [3.05, 3.63) is 35.0 Å². The molecule has 1 unspecified atom stereocenters. The van der Waals surface area contributed by atoms with E-state index in [-0.39, 0.29) is 0 Å². The highest BCUT2D eigenvalue weighted by Crippen LogP contribution is 2.27. The number of benzene rings is 1. The second-order valence-electron chi connectivity index (χ2n) is 5.81. The van der Waals surface area contributed by atoms with E-state index in [2.05, 4.69) is 22.9 Å². The SMILES string of the molecule is COc1ccc2cc(CN3CCCCC3C)c(Cl)nc2c1. The third-order valence-corrected chi connectivity index (χ3v) is 4.69. The molecule has 1 aromatic heterocycles. The highest BCUT2D eigenvalue weighted by molar-refractivity contribution is 6.30. The molecule has 2 heterocycles. The molecule has 1 saturated heterocycles. The highest BCUT2D eigenvalue weighted by atomic mass is 35.5. The zero-order chi connectivity index (χ0) is 14.8. The number of ether oxygens (including phenoxy) is 1. The van der Waals surface area contributed by atoms with Gasteiger partial charge < -0.3 is 4.74 Å². The van der Waals surface area contributed by atoms with Crippen molar-refractivity contribution < 1.29 is 4.74 Å². The number of methoxy groups -OCH3 is 1. The van der Waals surface area contributed by atoms with Gasteiger partial charge in [0.05, 0.1) is 12.6 Å². The summed E-state index contributed by atoms with van der Waals surface area (Å²) < 4.78 is 5.24. The van der Waals surface area contributed by atoms with E-state index >= 15 is 0 Å². The standard InChI is InChI=1S/C17H21ClN2O/c1-12-5-3-4-8-20(12)11-14-9-13-6-7-15(21-2)10-16(13)19-17(14)18/h6-7,9-10,12H,3-5,8,11H2,1-2H3. The number of rotatable bonds is 3. The van der Waals surface area contributed by atoms with Gasteiger partial charge in [0, 0.05) is 29.6 Å². The molecule has 0 spiro atoms. The Morgan fingerprint density at radius 3 is 2.95 bits per heavy atom. The van der Waals surface area contributed by atoms with Crippen molar-refractivity contribution in [2.24, 2.45) is 0 Å². The van der Waals surface area contributed by atoms with Gasteiger partial charge in [0.1, 0.15) is 10.9 Å². The van der Waals surface area contributed by atoms with Crippen LogP contribution in [-0.2, 0) is 6.54 Å². The molecule has 2 aromatic rings. The van der Waals surface area contributed by atoms with E-state index in [4.69, 9.17) is 16.3 Å². The van der Waals surface area contributed by atoms with Crippen LogP contribution in [0.25, 0.3) is 10.9 Å². The lowest BCUT2D eigenvalue weighted by atomic mass is 10.0. The first-order chi connectivity index (χ1) is 10.2. The molecule has 0 bridgehead atoms. The molecule has 21 heavy (non-hydrogen) atoms. The van der Waals surface area contributed by atoms with E-state index in [0.717, 1.165) is 35.3 Å². The van der Waals surface area contributed by atoms with Crippen LogP contribution in [0.15, 0.2) is 24.3 Å². The van der Waals surface area contributed by atoms with Gasteiger partial charge in [0.2, 0.25) is 0 Å². The van der Waals surface area contributed by atoms with Crippen LogP contribution in [0.4, 0.5) is 0 Å². The molecule has 4 heteroatoms. The number of likely N-dealkylation sites (tertiary alicyclic amines) is 1. The van der Waals surface area contributed by atoms with Crippen molar-refractivity contribution in [1.82, 2.24) is 9.88 Å². The maximum atomic E-state index is 6.39. The zero-order valence-corrected chi connectivity index (χ0v) is 13.4. The Morgan fingerprint density at radius 2 is 2.19 bits per heavy atom. The monoisotopic (exact) mass is 304 g/mol. The molecule has 0 saturated carbocycles. The van der Waals surface area contributed by atoms with Crippen LogP contribution in [0.2, 0.25) is 5.15 Å². The lowest BCUT2D eigenvalue weighted by Crippen LogP contribution is -2.36. The Morgan fingerprint density at radius 1 is 1.33 bits per heavy atom. The molecule has 1 aliphatic rings. The van der Waals surface area contributed by atoms with Gasteiger partial charge in [-0.1, -0.05) is 18.0 Å². The quantitative estimate of drug-likeness (QED) is 0.792. The highest BCUT2D eigenvalue weighted by Gasteiger charge is 2.19. The molecule has 1 atom stereocenters. The topological polar surface area (TPSA) is 25.4 Å². The number of pyridine rings is 1. The van der Waals surface area contributed by atoms with Crippen molar-refractivity contribution in [3.63, 3.8) is 0 Å². The minimum atomic E-state index is 0.605. The molecule has 1 aromatic carbocycles. The number of piperidine rings is 1. The molecule has 0 N–H and O–H groups in total. The smallest absolute Gasteiger partial charge is 0.134 e. The number of aromatic nitrogens is 1. The first-order valence-corrected chi connectivity index (χ1v) is 7.92. The molecule has 0 aliphatic carbocycles. The van der Waals surface area contributed by atoms with Crippen LogP contribution in [0, 0.1) is 0 Å². The van der Waals surface area contributed by atoms with Gasteiger partial charge in [-0.05, 0) is 44.5 Å². The Kier molecular flexibility index (Phi) is 4.32. The van der Waals surface area contributed by atoms with Crippen molar-refractivity contribution >= 4 is 22.5 Å². The van der Waals surface area contributed by atoms with Gasteiger partial charge in [-0.2, -0.15) is 0 Å². The van der Waals surface area contributed by atoms with E-state index in [0.29, 0.717) is 11.2 Å². The van der Waals surface area contributed by atoms with Gasteiger partial charge in [-0.25, -0.2) is 4.98 Å². The molecule has 0 amide bonds. The number of hydrogen-bond acceptors (Lipinski definition) is 3. The molecular weight excluding hydrogens is 284 g/mol. The fourth-order valence-corrected chi connectivity index (χ4v) is 3.22. The van der Waals surface area contributed by atoms with Gasteiger partial charge in [-0.3, -0.25) is 4.90 Å². The third-order valence-electron chi connectivity index (χ3n) is 4.36. The lowest BCUT2D eigenvalue weighted by Gasteiger charge is -2.33. The number of fused-ring (bicyclic) bond motifs is 1. The summed E-state index contributed by atoms with van der Waals surface area (Å²) in [6, 6.07) is 8.72. The predicted octanol–water partition coefficient (Wildman–Crippen LogP) is 4.27. The summed E-state index contributed by atoms with van der Waals surface area (Å²) in [7, 11) is 1.66. The molecule has 0 radical (unpaired) electrons. The zero-order valence-electron chi connectivity index (χ0n) is 12.6. The van der Waals surface area contributed by atoms with Crippen LogP contribution in [0.3, 0.4) is 0 Å². The maximum Gasteiger partial charge on any atom is 0.134 e. The van der Waals surface area contributed by atoms with Crippen molar-refractivity contribution in [1.29, 1.82) is 0 Å². The Balaban J connectivity index is 1.90. The Bertz CT molecular complexity index is 644. The fourth-order valence-electron chi connectivity index (χ4n) is 3.02.